The number of nitrogens with one attached hydrogen (secondary N) is 3. The van der Waals surface area contributed by atoms with Gasteiger partial charge in [-0.2, -0.15) is 0 Å². The van der Waals surface area contributed by atoms with Crippen molar-refractivity contribution in [3.05, 3.63) is 80.5 Å². The molecule has 0 aliphatic rings. The van der Waals surface area contributed by atoms with Gasteiger partial charge in [0.1, 0.15) is 6.54 Å². The molecule has 2 aromatic carbocycles. The summed E-state index contributed by atoms with van der Waals surface area (Å²) in [5.74, 6) is -0.654. The van der Waals surface area contributed by atoms with Crippen LogP contribution in [-0.4, -0.2) is 29.9 Å². The number of nitrogens with zero attached hydrogens (tertiary/aromatic N) is 1. The lowest BCUT2D eigenvalue weighted by Gasteiger charge is -2.14. The smallest absolute Gasteiger partial charge is 0.329 e. The fourth-order valence-electron chi connectivity index (χ4n) is 3.27. The van der Waals surface area contributed by atoms with Gasteiger partial charge in [-0.05, 0) is 37.1 Å². The van der Waals surface area contributed by atoms with Crippen LogP contribution in [0.3, 0.4) is 0 Å². The van der Waals surface area contributed by atoms with Gasteiger partial charge in [0.25, 0.3) is 5.56 Å². The van der Waals surface area contributed by atoms with Gasteiger partial charge in [-0.3, -0.25) is 19.1 Å². The molecule has 164 valence electrons. The number of rotatable bonds is 8. The second kappa shape index (κ2) is 9.27. The molecule has 0 fully saturated rings. The SMILES string of the molecule is CC(C)NS(=O)(=O)Cc1ccccc1CNC(=O)Cn1c(=O)[nH]c(=O)c2ccccc21. The highest BCUT2D eigenvalue weighted by Gasteiger charge is 2.16. The van der Waals surface area contributed by atoms with Gasteiger partial charge >= 0.3 is 5.69 Å². The van der Waals surface area contributed by atoms with Gasteiger partial charge in [0, 0.05) is 12.6 Å². The fourth-order valence-corrected chi connectivity index (χ4v) is 4.76. The Kier molecular flexibility index (Phi) is 6.71. The Hall–Kier alpha value is -3.24. The molecule has 1 aromatic heterocycles. The molecule has 1 amide bonds. The molecule has 10 heteroatoms. The maximum atomic E-state index is 12.5. The summed E-state index contributed by atoms with van der Waals surface area (Å²) in [6.07, 6.45) is 0. The number of amides is 1. The molecule has 3 N–H and O–H groups in total. The molecule has 1 heterocycles. The Bertz CT molecular complexity index is 1330. The van der Waals surface area contributed by atoms with E-state index >= 15 is 0 Å². The summed E-state index contributed by atoms with van der Waals surface area (Å²) in [5, 5.41) is 3.02. The highest BCUT2D eigenvalue weighted by molar-refractivity contribution is 7.88. The lowest BCUT2D eigenvalue weighted by atomic mass is 10.1. The summed E-state index contributed by atoms with van der Waals surface area (Å²) in [4.78, 5) is 38.9. The van der Waals surface area contributed by atoms with Crippen LogP contribution in [0.5, 0.6) is 0 Å². The van der Waals surface area contributed by atoms with Crippen LogP contribution >= 0.6 is 0 Å². The monoisotopic (exact) mass is 444 g/mol. The molecule has 0 radical (unpaired) electrons. The molecule has 0 saturated carbocycles. The number of H-pyrrole nitrogens is 1. The van der Waals surface area contributed by atoms with Crippen molar-refractivity contribution in [3.63, 3.8) is 0 Å². The van der Waals surface area contributed by atoms with Crippen LogP contribution in [0.15, 0.2) is 58.1 Å². The normalized spacial score (nSPS) is 11.7. The Morgan fingerprint density at radius 3 is 2.39 bits per heavy atom. The highest BCUT2D eigenvalue weighted by atomic mass is 32.2. The number of hydrogen-bond acceptors (Lipinski definition) is 5. The molecule has 0 unspecified atom stereocenters. The number of benzene rings is 2. The second-order valence-corrected chi connectivity index (χ2v) is 9.19. The molecule has 0 atom stereocenters. The van der Waals surface area contributed by atoms with Crippen molar-refractivity contribution in [1.29, 1.82) is 0 Å². The van der Waals surface area contributed by atoms with Crippen LogP contribution in [0.1, 0.15) is 25.0 Å². The molecule has 3 aromatic rings. The molecule has 0 spiro atoms. The molecule has 0 aliphatic heterocycles. The minimum atomic E-state index is -3.52. The van der Waals surface area contributed by atoms with Crippen molar-refractivity contribution >= 4 is 26.8 Å². The van der Waals surface area contributed by atoms with Gasteiger partial charge in [0.15, 0.2) is 0 Å². The first-order chi connectivity index (χ1) is 14.7. The number of para-hydroxylation sites is 1. The van der Waals surface area contributed by atoms with E-state index in [-0.39, 0.29) is 24.9 Å². The third kappa shape index (κ3) is 5.68. The summed E-state index contributed by atoms with van der Waals surface area (Å²) in [6.45, 7) is 3.30. The number of sulfonamides is 1. The van der Waals surface area contributed by atoms with Crippen molar-refractivity contribution < 1.29 is 13.2 Å². The second-order valence-electron chi connectivity index (χ2n) is 7.44. The number of aromatic nitrogens is 2. The van der Waals surface area contributed by atoms with Gasteiger partial charge in [0.05, 0.1) is 16.7 Å². The summed E-state index contributed by atoms with van der Waals surface area (Å²) in [6, 6.07) is 13.2. The van der Waals surface area contributed by atoms with E-state index < -0.39 is 27.2 Å². The zero-order chi connectivity index (χ0) is 22.6. The van der Waals surface area contributed by atoms with Crippen molar-refractivity contribution in [1.82, 2.24) is 19.6 Å². The molecule has 31 heavy (non-hydrogen) atoms. The zero-order valence-corrected chi connectivity index (χ0v) is 18.0. The summed E-state index contributed by atoms with van der Waals surface area (Å²) in [5.41, 5.74) is 0.399. The number of aromatic amines is 1. The zero-order valence-electron chi connectivity index (χ0n) is 17.2. The Morgan fingerprint density at radius 1 is 1.03 bits per heavy atom. The van der Waals surface area contributed by atoms with Gasteiger partial charge in [-0.1, -0.05) is 36.4 Å². The minimum absolute atomic E-state index is 0.0994. The van der Waals surface area contributed by atoms with Crippen LogP contribution in [-0.2, 0) is 33.7 Å². The van der Waals surface area contributed by atoms with Crippen molar-refractivity contribution in [2.75, 3.05) is 0 Å². The van der Waals surface area contributed by atoms with E-state index in [4.69, 9.17) is 0 Å². The van der Waals surface area contributed by atoms with E-state index in [1.807, 2.05) is 0 Å². The Balaban J connectivity index is 1.75. The number of fused-ring (bicyclic) bond motifs is 1. The van der Waals surface area contributed by atoms with E-state index in [1.165, 1.54) is 4.57 Å². The molecule has 0 aliphatic carbocycles. The summed E-state index contributed by atoms with van der Waals surface area (Å²) < 4.78 is 28.3. The molecule has 9 nitrogen and oxygen atoms in total. The molecule has 3 rings (SSSR count). The predicted molar refractivity (Wildman–Crippen MR) is 118 cm³/mol. The van der Waals surface area contributed by atoms with Crippen LogP contribution in [0.2, 0.25) is 0 Å². The van der Waals surface area contributed by atoms with Gasteiger partial charge in [-0.15, -0.1) is 0 Å². The van der Waals surface area contributed by atoms with E-state index in [0.717, 1.165) is 0 Å². The topological polar surface area (TPSA) is 130 Å². The van der Waals surface area contributed by atoms with Gasteiger partial charge < -0.3 is 5.32 Å². The third-order valence-electron chi connectivity index (χ3n) is 4.56. The average Bonchev–Trinajstić information content (AvgIpc) is 2.69. The first-order valence-electron chi connectivity index (χ1n) is 9.71. The Labute approximate surface area is 179 Å². The van der Waals surface area contributed by atoms with Crippen molar-refractivity contribution in [2.45, 2.75) is 38.7 Å². The van der Waals surface area contributed by atoms with Crippen LogP contribution in [0.25, 0.3) is 10.9 Å². The molecule has 0 bridgehead atoms. The van der Waals surface area contributed by atoms with Gasteiger partial charge in [-0.25, -0.2) is 17.9 Å². The maximum Gasteiger partial charge on any atom is 0.329 e. The first kappa shape index (κ1) is 22.4. The third-order valence-corrected chi connectivity index (χ3v) is 6.08. The quantitative estimate of drug-likeness (QED) is 0.474. The molecule has 0 saturated heterocycles. The van der Waals surface area contributed by atoms with E-state index in [1.54, 1.807) is 62.4 Å². The predicted octanol–water partition coefficient (Wildman–Crippen LogP) is 0.834. The minimum Gasteiger partial charge on any atom is -0.350 e. The summed E-state index contributed by atoms with van der Waals surface area (Å²) >= 11 is 0. The lowest BCUT2D eigenvalue weighted by molar-refractivity contribution is -0.121. The average molecular weight is 445 g/mol. The molecular formula is C21H24N4O5S. The fraction of sp³-hybridized carbons (Fsp3) is 0.286. The summed E-state index contributed by atoms with van der Waals surface area (Å²) in [7, 11) is -3.52. The largest absolute Gasteiger partial charge is 0.350 e. The number of carbonyl (C=O) groups is 1. The maximum absolute atomic E-state index is 12.5. The Morgan fingerprint density at radius 2 is 1.68 bits per heavy atom. The van der Waals surface area contributed by atoms with E-state index in [2.05, 4.69) is 15.0 Å². The first-order valence-corrected chi connectivity index (χ1v) is 11.4. The lowest BCUT2D eigenvalue weighted by Crippen LogP contribution is -2.36. The highest BCUT2D eigenvalue weighted by Crippen LogP contribution is 2.13. The van der Waals surface area contributed by atoms with E-state index in [9.17, 15) is 22.8 Å². The number of hydrogen-bond donors (Lipinski definition) is 3. The van der Waals surface area contributed by atoms with Gasteiger partial charge in [0.2, 0.25) is 15.9 Å². The van der Waals surface area contributed by atoms with Crippen LogP contribution < -0.4 is 21.3 Å². The van der Waals surface area contributed by atoms with Crippen molar-refractivity contribution in [3.8, 4) is 0 Å². The standard InChI is InChI=1S/C21H24N4O5S/c1-14(2)24-31(29,30)13-16-8-4-3-7-15(16)11-22-19(26)12-25-18-10-6-5-9-17(18)20(27)23-21(25)28/h3-10,14,24H,11-13H2,1-2H3,(H,22,26)(H,23,27,28). The van der Waals surface area contributed by atoms with Crippen LogP contribution in [0, 0.1) is 0 Å². The van der Waals surface area contributed by atoms with Crippen LogP contribution in [0.4, 0.5) is 0 Å². The van der Waals surface area contributed by atoms with E-state index in [0.29, 0.717) is 22.0 Å². The van der Waals surface area contributed by atoms with Crippen molar-refractivity contribution in [2.24, 2.45) is 0 Å². The number of carbonyl (C=O) groups excluding carboxylic acids is 1. The molecular weight excluding hydrogens is 420 g/mol.